The molecule has 1 aliphatic heterocycles. The molecule has 1 aliphatic rings. The van der Waals surface area contributed by atoms with E-state index in [1.54, 1.807) is 6.92 Å². The maximum absolute atomic E-state index is 11.7. The van der Waals surface area contributed by atoms with E-state index in [0.717, 1.165) is 0 Å². The summed E-state index contributed by atoms with van der Waals surface area (Å²) in [6.07, 6.45) is -1.25. The first-order valence-electron chi connectivity index (χ1n) is 4.67. The molecule has 1 unspecified atom stereocenters. The van der Waals surface area contributed by atoms with Gasteiger partial charge in [-0.3, -0.25) is 4.79 Å². The van der Waals surface area contributed by atoms with Crippen LogP contribution in [0.2, 0.25) is 5.15 Å². The van der Waals surface area contributed by atoms with Gasteiger partial charge in [-0.2, -0.15) is 0 Å². The second-order valence-electron chi connectivity index (χ2n) is 3.10. The Morgan fingerprint density at radius 3 is 3.06 bits per heavy atom. The topological polar surface area (TPSA) is 65.5 Å². The molecule has 1 aromatic rings. The number of hydrogen-bond donors (Lipinski definition) is 0. The number of nitrogens with zero attached hydrogens (tertiary/aromatic N) is 1. The van der Waals surface area contributed by atoms with Crippen LogP contribution >= 0.6 is 11.6 Å². The number of pyridine rings is 1. The summed E-state index contributed by atoms with van der Waals surface area (Å²) in [5, 5.41) is 0.205. The molecule has 5 nitrogen and oxygen atoms in total. The van der Waals surface area contributed by atoms with Crippen LogP contribution in [0.5, 0.6) is 5.88 Å². The lowest BCUT2D eigenvalue weighted by Gasteiger charge is -2.06. The highest BCUT2D eigenvalue weighted by Gasteiger charge is 2.40. The maximum Gasteiger partial charge on any atom is 0.355 e. The van der Waals surface area contributed by atoms with Crippen molar-refractivity contribution in [2.24, 2.45) is 0 Å². The van der Waals surface area contributed by atoms with Gasteiger partial charge in [0.2, 0.25) is 11.7 Å². The third-order valence-corrected chi connectivity index (χ3v) is 2.27. The zero-order valence-corrected chi connectivity index (χ0v) is 9.15. The first kappa shape index (κ1) is 10.9. The van der Waals surface area contributed by atoms with E-state index in [4.69, 9.17) is 21.1 Å². The summed E-state index contributed by atoms with van der Waals surface area (Å²) in [5.74, 6) is -1.07. The van der Waals surface area contributed by atoms with Crippen LogP contribution in [0, 0.1) is 0 Å². The smallest absolute Gasteiger partial charge is 0.355 e. The number of carbonyl (C=O) groups excluding carboxylic acids is 2. The van der Waals surface area contributed by atoms with Crippen LogP contribution in [0.15, 0.2) is 12.1 Å². The average molecular weight is 242 g/mol. The molecule has 0 aromatic carbocycles. The van der Waals surface area contributed by atoms with Gasteiger partial charge in [-0.05, 0) is 19.1 Å². The number of esters is 1. The molecule has 2 heterocycles. The van der Waals surface area contributed by atoms with Crippen LogP contribution in [0.25, 0.3) is 0 Å². The predicted molar refractivity (Wildman–Crippen MR) is 54.6 cm³/mol. The van der Waals surface area contributed by atoms with Crippen molar-refractivity contribution >= 4 is 23.4 Å². The lowest BCUT2D eigenvalue weighted by molar-refractivity contribution is -0.148. The summed E-state index contributed by atoms with van der Waals surface area (Å²) in [5.41, 5.74) is 0.252. The van der Waals surface area contributed by atoms with Gasteiger partial charge >= 0.3 is 5.97 Å². The fourth-order valence-corrected chi connectivity index (χ4v) is 1.51. The molecule has 0 saturated heterocycles. The monoisotopic (exact) mass is 241 g/mol. The Hall–Kier alpha value is -1.62. The van der Waals surface area contributed by atoms with Crippen molar-refractivity contribution in [3.8, 4) is 5.88 Å². The van der Waals surface area contributed by atoms with Gasteiger partial charge in [-0.1, -0.05) is 11.6 Å². The van der Waals surface area contributed by atoms with Crippen molar-refractivity contribution < 1.29 is 19.1 Å². The fourth-order valence-electron chi connectivity index (χ4n) is 1.37. The van der Waals surface area contributed by atoms with Gasteiger partial charge in [0.05, 0.1) is 12.2 Å². The van der Waals surface area contributed by atoms with E-state index >= 15 is 0 Å². The largest absolute Gasteiger partial charge is 0.463 e. The summed E-state index contributed by atoms with van der Waals surface area (Å²) in [7, 11) is 0. The first-order chi connectivity index (χ1) is 7.63. The lowest BCUT2D eigenvalue weighted by Crippen LogP contribution is -2.32. The van der Waals surface area contributed by atoms with Crippen molar-refractivity contribution in [2.45, 2.75) is 13.0 Å². The lowest BCUT2D eigenvalue weighted by atomic mass is 10.1. The molecular formula is C10H8ClNO4. The van der Waals surface area contributed by atoms with E-state index in [1.807, 2.05) is 0 Å². The Kier molecular flexibility index (Phi) is 2.78. The summed E-state index contributed by atoms with van der Waals surface area (Å²) in [6.45, 7) is 1.84. The molecule has 0 bridgehead atoms. The summed E-state index contributed by atoms with van der Waals surface area (Å²) in [4.78, 5) is 26.9. The molecule has 0 saturated carbocycles. The standard InChI is InChI=1S/C10H8ClNO4/c1-2-15-10(14)8-7(13)5-3-4-6(11)12-9(5)16-8/h3-4,8H,2H2,1H3. The van der Waals surface area contributed by atoms with Gasteiger partial charge in [0.15, 0.2) is 0 Å². The molecule has 0 N–H and O–H groups in total. The Morgan fingerprint density at radius 2 is 2.38 bits per heavy atom. The second kappa shape index (κ2) is 4.09. The van der Waals surface area contributed by atoms with E-state index in [1.165, 1.54) is 12.1 Å². The number of hydrogen-bond acceptors (Lipinski definition) is 5. The zero-order chi connectivity index (χ0) is 11.7. The van der Waals surface area contributed by atoms with Crippen LogP contribution in [0.3, 0.4) is 0 Å². The summed E-state index contributed by atoms with van der Waals surface area (Å²) >= 11 is 5.64. The molecule has 0 amide bonds. The minimum atomic E-state index is -1.25. The van der Waals surface area contributed by atoms with Gasteiger partial charge < -0.3 is 9.47 Å². The minimum absolute atomic E-state index is 0.0792. The van der Waals surface area contributed by atoms with E-state index in [0.29, 0.717) is 0 Å². The number of halogens is 1. The molecule has 1 atom stereocenters. The molecule has 1 aromatic heterocycles. The average Bonchev–Trinajstić information content (AvgIpc) is 2.56. The van der Waals surface area contributed by atoms with Crippen molar-refractivity contribution in [1.82, 2.24) is 4.98 Å². The third kappa shape index (κ3) is 1.74. The number of Topliss-reactive ketones (excluding diaryl/α,β-unsaturated/α-hetero) is 1. The minimum Gasteiger partial charge on any atom is -0.463 e. The highest BCUT2D eigenvalue weighted by atomic mass is 35.5. The Bertz CT molecular complexity index is 460. The normalized spacial score (nSPS) is 17.9. The quantitative estimate of drug-likeness (QED) is 0.443. The third-order valence-electron chi connectivity index (χ3n) is 2.06. The van der Waals surface area contributed by atoms with Crippen molar-refractivity contribution in [3.05, 3.63) is 22.8 Å². The number of aromatic nitrogens is 1. The van der Waals surface area contributed by atoms with Crippen LogP contribution in [0.4, 0.5) is 0 Å². The number of ether oxygens (including phenoxy) is 2. The van der Waals surface area contributed by atoms with Crippen LogP contribution in [-0.2, 0) is 9.53 Å². The van der Waals surface area contributed by atoms with Crippen LogP contribution < -0.4 is 4.74 Å². The van der Waals surface area contributed by atoms with E-state index < -0.39 is 17.9 Å². The zero-order valence-electron chi connectivity index (χ0n) is 8.40. The van der Waals surface area contributed by atoms with E-state index in [-0.39, 0.29) is 23.2 Å². The van der Waals surface area contributed by atoms with Crippen molar-refractivity contribution in [3.63, 3.8) is 0 Å². The molecular weight excluding hydrogens is 234 g/mol. The molecule has 0 fully saturated rings. The Labute approximate surface area is 96.3 Å². The highest BCUT2D eigenvalue weighted by Crippen LogP contribution is 2.28. The van der Waals surface area contributed by atoms with E-state index in [2.05, 4.69) is 4.98 Å². The Balaban J connectivity index is 2.27. The SMILES string of the molecule is CCOC(=O)C1Oc2nc(Cl)ccc2C1=O. The fraction of sp³-hybridized carbons (Fsp3) is 0.300. The summed E-state index contributed by atoms with van der Waals surface area (Å²) < 4.78 is 9.81. The van der Waals surface area contributed by atoms with Crippen molar-refractivity contribution in [1.29, 1.82) is 0 Å². The number of carbonyl (C=O) groups is 2. The van der Waals surface area contributed by atoms with Gasteiger partial charge in [-0.15, -0.1) is 0 Å². The first-order valence-corrected chi connectivity index (χ1v) is 5.05. The van der Waals surface area contributed by atoms with Crippen LogP contribution in [-0.4, -0.2) is 29.4 Å². The van der Waals surface area contributed by atoms with Gasteiger partial charge in [0, 0.05) is 0 Å². The molecule has 16 heavy (non-hydrogen) atoms. The summed E-state index contributed by atoms with van der Waals surface area (Å²) in [6, 6.07) is 2.95. The van der Waals surface area contributed by atoms with Gasteiger partial charge in [0.1, 0.15) is 5.15 Å². The second-order valence-corrected chi connectivity index (χ2v) is 3.49. The molecule has 0 spiro atoms. The number of fused-ring (bicyclic) bond motifs is 1. The van der Waals surface area contributed by atoms with Gasteiger partial charge in [-0.25, -0.2) is 9.78 Å². The molecule has 0 aliphatic carbocycles. The predicted octanol–water partition coefficient (Wildman–Crippen LogP) is 1.24. The molecule has 0 radical (unpaired) electrons. The highest BCUT2D eigenvalue weighted by molar-refractivity contribution is 6.29. The molecule has 2 rings (SSSR count). The molecule has 84 valence electrons. The Morgan fingerprint density at radius 1 is 1.62 bits per heavy atom. The van der Waals surface area contributed by atoms with Gasteiger partial charge in [0.25, 0.3) is 6.10 Å². The van der Waals surface area contributed by atoms with E-state index in [9.17, 15) is 9.59 Å². The number of ketones is 1. The van der Waals surface area contributed by atoms with Crippen LogP contribution in [0.1, 0.15) is 17.3 Å². The maximum atomic E-state index is 11.7. The van der Waals surface area contributed by atoms with Crippen molar-refractivity contribution in [2.75, 3.05) is 6.61 Å². The number of rotatable bonds is 2. The molecule has 6 heteroatoms.